The van der Waals surface area contributed by atoms with E-state index in [1.165, 1.54) is 6.20 Å². The van der Waals surface area contributed by atoms with E-state index in [0.29, 0.717) is 18.8 Å². The summed E-state index contributed by atoms with van der Waals surface area (Å²) < 4.78 is 26.4. The van der Waals surface area contributed by atoms with Crippen molar-refractivity contribution in [2.75, 3.05) is 13.2 Å². The topological polar surface area (TPSA) is 95.1 Å². The van der Waals surface area contributed by atoms with Gasteiger partial charge in [0.15, 0.2) is 5.03 Å². The molecule has 0 aliphatic rings. The van der Waals surface area contributed by atoms with Crippen LogP contribution in [0.15, 0.2) is 11.2 Å². The van der Waals surface area contributed by atoms with Crippen molar-refractivity contribution in [3.63, 3.8) is 0 Å². The molecule has 1 aromatic heterocycles. The van der Waals surface area contributed by atoms with Crippen molar-refractivity contribution in [3.8, 4) is 0 Å². The number of H-pyrrole nitrogens is 1. The molecule has 0 unspecified atom stereocenters. The normalized spacial score (nSPS) is 12.9. The maximum absolute atomic E-state index is 11.9. The Balaban J connectivity index is 2.62. The monoisotopic (exact) mass is 275 g/mol. The lowest BCUT2D eigenvalue weighted by Gasteiger charge is -2.24. The fourth-order valence-corrected chi connectivity index (χ4v) is 2.76. The molecule has 0 spiro atoms. The molecule has 3 N–H and O–H groups in total. The average molecular weight is 275 g/mol. The van der Waals surface area contributed by atoms with E-state index in [9.17, 15) is 8.42 Å². The van der Waals surface area contributed by atoms with Gasteiger partial charge in [0.2, 0.25) is 0 Å². The number of imidazole rings is 1. The second-order valence-electron chi connectivity index (χ2n) is 5.15. The SMILES string of the molecule is Cc1ncc(S(=O)(=O)NCC(C)(C)CCCO)[nH]1. The summed E-state index contributed by atoms with van der Waals surface area (Å²) in [4.78, 5) is 6.56. The van der Waals surface area contributed by atoms with E-state index >= 15 is 0 Å². The van der Waals surface area contributed by atoms with E-state index in [0.717, 1.165) is 6.42 Å². The molecule has 6 nitrogen and oxygen atoms in total. The summed E-state index contributed by atoms with van der Waals surface area (Å²) in [5.74, 6) is 0.565. The number of nitrogens with zero attached hydrogens (tertiary/aromatic N) is 1. The zero-order valence-corrected chi connectivity index (χ0v) is 11.8. The minimum atomic E-state index is -3.53. The lowest BCUT2D eigenvalue weighted by Crippen LogP contribution is -2.34. The molecule has 0 aromatic carbocycles. The molecule has 0 saturated heterocycles. The van der Waals surface area contributed by atoms with Crippen molar-refractivity contribution in [2.45, 2.75) is 38.6 Å². The molecule has 0 radical (unpaired) electrons. The number of aliphatic hydroxyl groups is 1. The van der Waals surface area contributed by atoms with Crippen LogP contribution in [0, 0.1) is 12.3 Å². The molecule has 0 fully saturated rings. The smallest absolute Gasteiger partial charge is 0.257 e. The summed E-state index contributed by atoms with van der Waals surface area (Å²) in [5.41, 5.74) is -0.190. The van der Waals surface area contributed by atoms with Crippen LogP contribution in [0.4, 0.5) is 0 Å². The van der Waals surface area contributed by atoms with Crippen molar-refractivity contribution >= 4 is 10.0 Å². The maximum atomic E-state index is 11.9. The van der Waals surface area contributed by atoms with Crippen LogP contribution >= 0.6 is 0 Å². The summed E-state index contributed by atoms with van der Waals surface area (Å²) >= 11 is 0. The number of aromatic nitrogens is 2. The quantitative estimate of drug-likeness (QED) is 0.685. The van der Waals surface area contributed by atoms with Crippen LogP contribution in [0.2, 0.25) is 0 Å². The zero-order valence-electron chi connectivity index (χ0n) is 11.0. The van der Waals surface area contributed by atoms with Crippen molar-refractivity contribution in [3.05, 3.63) is 12.0 Å². The molecule has 0 saturated carbocycles. The molecule has 7 heteroatoms. The van der Waals surface area contributed by atoms with Gasteiger partial charge in [-0.1, -0.05) is 13.8 Å². The van der Waals surface area contributed by atoms with Gasteiger partial charge in [0.1, 0.15) is 5.82 Å². The fourth-order valence-electron chi connectivity index (χ4n) is 1.55. The highest BCUT2D eigenvalue weighted by Crippen LogP contribution is 2.21. The number of aromatic amines is 1. The molecule has 0 atom stereocenters. The van der Waals surface area contributed by atoms with Gasteiger partial charge in [-0.25, -0.2) is 18.1 Å². The minimum absolute atomic E-state index is 0.0814. The van der Waals surface area contributed by atoms with E-state index in [2.05, 4.69) is 14.7 Å². The van der Waals surface area contributed by atoms with Gasteiger partial charge in [-0.3, -0.25) is 0 Å². The number of rotatable bonds is 7. The third kappa shape index (κ3) is 4.40. The van der Waals surface area contributed by atoms with Crippen LogP contribution < -0.4 is 4.72 Å². The Morgan fingerprint density at radius 1 is 1.50 bits per heavy atom. The molecule has 0 amide bonds. The molecular formula is C11H21N3O3S. The second-order valence-corrected chi connectivity index (χ2v) is 6.88. The summed E-state index contributed by atoms with van der Waals surface area (Å²) in [5, 5.41) is 8.87. The highest BCUT2D eigenvalue weighted by atomic mass is 32.2. The predicted molar refractivity (Wildman–Crippen MR) is 68.6 cm³/mol. The Labute approximate surface area is 108 Å². The molecule has 0 aliphatic heterocycles. The lowest BCUT2D eigenvalue weighted by atomic mass is 9.88. The van der Waals surface area contributed by atoms with Crippen molar-refractivity contribution in [1.29, 1.82) is 0 Å². The molecule has 0 bridgehead atoms. The third-order valence-corrected chi connectivity index (χ3v) is 4.03. The molecule has 1 heterocycles. The van der Waals surface area contributed by atoms with Crippen LogP contribution in [0.25, 0.3) is 0 Å². The lowest BCUT2D eigenvalue weighted by molar-refractivity contribution is 0.242. The van der Waals surface area contributed by atoms with Crippen LogP contribution in [0.3, 0.4) is 0 Å². The number of hydrogen-bond donors (Lipinski definition) is 3. The summed E-state index contributed by atoms with van der Waals surface area (Å²) in [7, 11) is -3.53. The number of sulfonamides is 1. The Hall–Kier alpha value is -0.920. The van der Waals surface area contributed by atoms with Gasteiger partial charge in [-0.15, -0.1) is 0 Å². The van der Waals surface area contributed by atoms with E-state index in [4.69, 9.17) is 5.11 Å². The van der Waals surface area contributed by atoms with E-state index in [1.807, 2.05) is 13.8 Å². The van der Waals surface area contributed by atoms with Crippen molar-refractivity contribution in [1.82, 2.24) is 14.7 Å². The van der Waals surface area contributed by atoms with Gasteiger partial charge < -0.3 is 10.1 Å². The van der Waals surface area contributed by atoms with Crippen LogP contribution in [-0.2, 0) is 10.0 Å². The second kappa shape index (κ2) is 5.81. The van der Waals surface area contributed by atoms with E-state index in [1.54, 1.807) is 6.92 Å². The number of aliphatic hydroxyl groups excluding tert-OH is 1. The van der Waals surface area contributed by atoms with Crippen LogP contribution in [-0.4, -0.2) is 36.6 Å². The third-order valence-electron chi connectivity index (χ3n) is 2.72. The van der Waals surface area contributed by atoms with E-state index in [-0.39, 0.29) is 17.0 Å². The van der Waals surface area contributed by atoms with Gasteiger partial charge in [-0.2, -0.15) is 0 Å². The molecule has 0 aliphatic carbocycles. The van der Waals surface area contributed by atoms with Gasteiger partial charge in [-0.05, 0) is 25.2 Å². The first-order chi connectivity index (χ1) is 8.27. The zero-order chi connectivity index (χ0) is 13.8. The summed E-state index contributed by atoms with van der Waals surface area (Å²) in [6, 6.07) is 0. The number of aryl methyl sites for hydroxylation is 1. The number of nitrogens with one attached hydrogen (secondary N) is 2. The maximum Gasteiger partial charge on any atom is 0.257 e. The van der Waals surface area contributed by atoms with Crippen molar-refractivity contribution in [2.24, 2.45) is 5.41 Å². The molecule has 1 rings (SSSR count). The standard InChI is InChI=1S/C11H21N3O3S/c1-9-12-7-10(14-9)18(16,17)13-8-11(2,3)5-4-6-15/h7,13,15H,4-6,8H2,1-3H3,(H,12,14). The predicted octanol–water partition coefficient (Wildman–Crippen LogP) is 0.795. The Kier molecular flexibility index (Phi) is 4.89. The summed E-state index contributed by atoms with van der Waals surface area (Å²) in [6.07, 6.45) is 2.73. The first-order valence-corrected chi connectivity index (χ1v) is 7.37. The Morgan fingerprint density at radius 3 is 2.67 bits per heavy atom. The highest BCUT2D eigenvalue weighted by Gasteiger charge is 2.23. The van der Waals surface area contributed by atoms with Crippen LogP contribution in [0.5, 0.6) is 0 Å². The molecule has 1 aromatic rings. The largest absolute Gasteiger partial charge is 0.396 e. The molecular weight excluding hydrogens is 254 g/mol. The molecule has 18 heavy (non-hydrogen) atoms. The Bertz CT molecular complexity index is 479. The van der Waals surface area contributed by atoms with Gasteiger partial charge in [0, 0.05) is 13.2 Å². The Morgan fingerprint density at radius 2 is 2.17 bits per heavy atom. The molecule has 104 valence electrons. The fraction of sp³-hybridized carbons (Fsp3) is 0.727. The first-order valence-electron chi connectivity index (χ1n) is 5.89. The first kappa shape index (κ1) is 15.1. The van der Waals surface area contributed by atoms with E-state index < -0.39 is 10.0 Å². The van der Waals surface area contributed by atoms with Gasteiger partial charge in [0.25, 0.3) is 10.0 Å². The summed E-state index contributed by atoms with van der Waals surface area (Å²) in [6.45, 7) is 6.07. The average Bonchev–Trinajstić information content (AvgIpc) is 2.72. The van der Waals surface area contributed by atoms with Crippen LogP contribution in [0.1, 0.15) is 32.5 Å². The number of hydrogen-bond acceptors (Lipinski definition) is 4. The van der Waals surface area contributed by atoms with Gasteiger partial charge >= 0.3 is 0 Å². The minimum Gasteiger partial charge on any atom is -0.396 e. The highest BCUT2D eigenvalue weighted by molar-refractivity contribution is 7.89. The van der Waals surface area contributed by atoms with Gasteiger partial charge in [0.05, 0.1) is 6.20 Å². The van der Waals surface area contributed by atoms with Crippen molar-refractivity contribution < 1.29 is 13.5 Å².